The third-order valence-electron chi connectivity index (χ3n) is 4.80. The van der Waals surface area contributed by atoms with Crippen LogP contribution in [0.25, 0.3) is 5.69 Å². The summed E-state index contributed by atoms with van der Waals surface area (Å²) < 4.78 is 2.15. The van der Waals surface area contributed by atoms with E-state index in [-0.39, 0.29) is 26.8 Å². The Morgan fingerprint density at radius 2 is 2.00 bits per heavy atom. The predicted molar refractivity (Wildman–Crippen MR) is 93.2 cm³/mol. The van der Waals surface area contributed by atoms with Crippen molar-refractivity contribution in [2.24, 2.45) is 5.92 Å². The second-order valence-corrected chi connectivity index (χ2v) is 6.78. The van der Waals surface area contributed by atoms with Crippen LogP contribution in [0.2, 0.25) is 0 Å². The molecule has 24 heavy (non-hydrogen) atoms. The summed E-state index contributed by atoms with van der Waals surface area (Å²) >= 11 is 0. The second-order valence-electron chi connectivity index (χ2n) is 6.78. The van der Waals surface area contributed by atoms with Crippen LogP contribution in [0.3, 0.4) is 0 Å². The predicted octanol–water partition coefficient (Wildman–Crippen LogP) is 3.81. The van der Waals surface area contributed by atoms with Crippen molar-refractivity contribution in [2.45, 2.75) is 33.6 Å². The minimum Gasteiger partial charge on any atom is -0.341 e. The molecular formula is C20H25N2OW-. The van der Waals surface area contributed by atoms with E-state index in [1.54, 1.807) is 0 Å². The fourth-order valence-corrected chi connectivity index (χ4v) is 3.69. The molecule has 1 aromatic heterocycles. The van der Waals surface area contributed by atoms with Gasteiger partial charge in [-0.25, -0.2) is 0 Å². The van der Waals surface area contributed by atoms with Gasteiger partial charge in [0.05, 0.1) is 6.54 Å². The van der Waals surface area contributed by atoms with Gasteiger partial charge in [-0.05, 0) is 45.2 Å². The molecule has 1 saturated heterocycles. The van der Waals surface area contributed by atoms with Gasteiger partial charge in [-0.15, -0.1) is 12.1 Å². The third-order valence-corrected chi connectivity index (χ3v) is 4.80. The SMILES string of the molecule is Cc1cc(C(=O)CN2CCCC(C)C2)c(C)n1-c1cc[c-]cc1.[W]. The maximum atomic E-state index is 12.8. The Labute approximate surface area is 159 Å². The molecule has 0 amide bonds. The van der Waals surface area contributed by atoms with Crippen molar-refractivity contribution in [2.75, 3.05) is 19.6 Å². The van der Waals surface area contributed by atoms with E-state index >= 15 is 0 Å². The first-order chi connectivity index (χ1) is 11.1. The van der Waals surface area contributed by atoms with Crippen LogP contribution in [0, 0.1) is 25.8 Å². The molecule has 1 aromatic carbocycles. The van der Waals surface area contributed by atoms with E-state index < -0.39 is 0 Å². The maximum absolute atomic E-state index is 12.8. The van der Waals surface area contributed by atoms with E-state index in [9.17, 15) is 4.79 Å². The zero-order valence-electron chi connectivity index (χ0n) is 14.7. The quantitative estimate of drug-likeness (QED) is 0.479. The molecule has 0 spiro atoms. The number of benzene rings is 1. The van der Waals surface area contributed by atoms with E-state index in [1.807, 2.05) is 37.3 Å². The van der Waals surface area contributed by atoms with E-state index in [0.717, 1.165) is 35.7 Å². The Balaban J connectivity index is 0.00000208. The van der Waals surface area contributed by atoms with Crippen LogP contribution in [0.15, 0.2) is 30.3 Å². The van der Waals surface area contributed by atoms with Gasteiger partial charge in [0.25, 0.3) is 0 Å². The zero-order valence-corrected chi connectivity index (χ0v) is 17.6. The van der Waals surface area contributed by atoms with Crippen LogP contribution in [0.5, 0.6) is 0 Å². The summed E-state index contributed by atoms with van der Waals surface area (Å²) in [6, 6.07) is 12.9. The Morgan fingerprint density at radius 1 is 1.29 bits per heavy atom. The molecule has 0 radical (unpaired) electrons. The third kappa shape index (κ3) is 4.07. The molecule has 0 saturated carbocycles. The van der Waals surface area contributed by atoms with E-state index in [4.69, 9.17) is 0 Å². The van der Waals surface area contributed by atoms with Gasteiger partial charge < -0.3 is 4.57 Å². The molecule has 3 nitrogen and oxygen atoms in total. The monoisotopic (exact) mass is 493 g/mol. The molecule has 1 aliphatic heterocycles. The van der Waals surface area contributed by atoms with Crippen LogP contribution in [0.1, 0.15) is 41.5 Å². The maximum Gasteiger partial charge on any atom is 0.178 e. The topological polar surface area (TPSA) is 25.2 Å². The number of Topliss-reactive ketones (excluding diaryl/α,β-unsaturated/α-hetero) is 1. The molecule has 2 heterocycles. The first kappa shape index (κ1) is 19.1. The van der Waals surface area contributed by atoms with E-state index in [1.165, 1.54) is 12.8 Å². The molecule has 0 bridgehead atoms. The molecule has 3 rings (SSSR count). The molecule has 1 fully saturated rings. The van der Waals surface area contributed by atoms with Gasteiger partial charge in [-0.2, -0.15) is 18.2 Å². The number of aryl methyl sites for hydroxylation is 1. The largest absolute Gasteiger partial charge is 0.341 e. The Bertz CT molecular complexity index is 693. The number of carbonyl (C=O) groups is 1. The van der Waals surface area contributed by atoms with Gasteiger partial charge in [0.15, 0.2) is 5.78 Å². The number of ketones is 1. The van der Waals surface area contributed by atoms with Crippen LogP contribution in [-0.4, -0.2) is 34.9 Å². The molecule has 128 valence electrons. The number of hydrogen-bond donors (Lipinski definition) is 0. The van der Waals surface area contributed by atoms with Crippen LogP contribution >= 0.6 is 0 Å². The number of rotatable bonds is 4. The van der Waals surface area contributed by atoms with Crippen molar-refractivity contribution in [3.05, 3.63) is 53.3 Å². The zero-order chi connectivity index (χ0) is 16.4. The summed E-state index contributed by atoms with van der Waals surface area (Å²) in [7, 11) is 0. The van der Waals surface area contributed by atoms with Gasteiger partial charge in [0.2, 0.25) is 0 Å². The number of hydrogen-bond acceptors (Lipinski definition) is 2. The normalized spacial score (nSPS) is 18.2. The minimum atomic E-state index is 0. The van der Waals surface area contributed by atoms with E-state index in [0.29, 0.717) is 12.5 Å². The Hall–Kier alpha value is -1.18. The van der Waals surface area contributed by atoms with Gasteiger partial charge in [0, 0.05) is 44.6 Å². The summed E-state index contributed by atoms with van der Waals surface area (Å²) in [5.74, 6) is 0.936. The van der Waals surface area contributed by atoms with Crippen LogP contribution < -0.4 is 0 Å². The first-order valence-electron chi connectivity index (χ1n) is 8.47. The molecule has 4 heteroatoms. The molecule has 1 aliphatic rings. The van der Waals surface area contributed by atoms with Crippen molar-refractivity contribution >= 4 is 5.78 Å². The van der Waals surface area contributed by atoms with Gasteiger partial charge in [0.1, 0.15) is 0 Å². The fraction of sp³-hybridized carbons (Fsp3) is 0.450. The Kier molecular flexibility index (Phi) is 6.60. The molecule has 0 N–H and O–H groups in total. The van der Waals surface area contributed by atoms with Crippen LogP contribution in [0.4, 0.5) is 0 Å². The molecule has 2 aromatic rings. The van der Waals surface area contributed by atoms with Gasteiger partial charge in [-0.1, -0.05) is 12.6 Å². The molecule has 1 unspecified atom stereocenters. The summed E-state index contributed by atoms with van der Waals surface area (Å²) in [5.41, 5.74) is 4.07. The van der Waals surface area contributed by atoms with Crippen molar-refractivity contribution in [3.8, 4) is 5.69 Å². The van der Waals surface area contributed by atoms with Crippen molar-refractivity contribution in [1.29, 1.82) is 0 Å². The number of likely N-dealkylation sites (tertiary alicyclic amines) is 1. The summed E-state index contributed by atoms with van der Waals surface area (Å²) in [6.07, 6.45) is 2.48. The summed E-state index contributed by atoms with van der Waals surface area (Å²) in [4.78, 5) is 15.1. The van der Waals surface area contributed by atoms with Gasteiger partial charge >= 0.3 is 0 Å². The molecule has 0 aliphatic carbocycles. The van der Waals surface area contributed by atoms with Gasteiger partial charge in [-0.3, -0.25) is 9.69 Å². The van der Waals surface area contributed by atoms with Crippen molar-refractivity contribution in [3.63, 3.8) is 0 Å². The smallest absolute Gasteiger partial charge is 0.178 e. The van der Waals surface area contributed by atoms with Crippen molar-refractivity contribution < 1.29 is 25.9 Å². The average Bonchev–Trinajstić information content (AvgIpc) is 2.83. The van der Waals surface area contributed by atoms with Crippen molar-refractivity contribution in [1.82, 2.24) is 9.47 Å². The van der Waals surface area contributed by atoms with E-state index in [2.05, 4.69) is 29.4 Å². The number of piperidine rings is 1. The molecular weight excluding hydrogens is 468 g/mol. The fourth-order valence-electron chi connectivity index (χ4n) is 3.69. The first-order valence-corrected chi connectivity index (χ1v) is 8.47. The standard InChI is InChI=1S/C20H25N2O.W/c1-15-8-7-11-21(13-15)14-20(23)19-12-16(2)22(17(19)3)18-9-5-4-6-10-18;/h5-6,9-10,12,15H,7-8,11,13-14H2,1-3H3;/q-1;. The minimum absolute atomic E-state index is 0. The second kappa shape index (κ2) is 8.27. The van der Waals surface area contributed by atoms with Crippen LogP contribution in [-0.2, 0) is 21.1 Å². The molecule has 1 atom stereocenters. The average molecular weight is 493 g/mol. The number of carbonyl (C=O) groups excluding carboxylic acids is 1. The Morgan fingerprint density at radius 3 is 2.67 bits per heavy atom. The number of aromatic nitrogens is 1. The summed E-state index contributed by atoms with van der Waals surface area (Å²) in [5, 5.41) is 0. The summed E-state index contributed by atoms with van der Waals surface area (Å²) in [6.45, 7) is 8.99. The number of nitrogens with zero attached hydrogens (tertiary/aromatic N) is 2.